The number of rotatable bonds is 7. The lowest BCUT2D eigenvalue weighted by Crippen LogP contribution is -2.08. The van der Waals surface area contributed by atoms with Gasteiger partial charge in [0.15, 0.2) is 0 Å². The van der Waals surface area contributed by atoms with E-state index >= 15 is 0 Å². The van der Waals surface area contributed by atoms with Gasteiger partial charge in [0, 0.05) is 0 Å². The molecule has 0 aliphatic carbocycles. The van der Waals surface area contributed by atoms with Crippen molar-refractivity contribution in [2.24, 2.45) is 0 Å². The summed E-state index contributed by atoms with van der Waals surface area (Å²) >= 11 is 0. The summed E-state index contributed by atoms with van der Waals surface area (Å²) in [6.07, 6.45) is 0.296. The molecule has 94 valence electrons. The molecule has 4 nitrogen and oxygen atoms in total. The molecule has 0 aromatic heterocycles. The number of hydrogen-bond donors (Lipinski definition) is 0. The molecule has 0 fully saturated rings. The van der Waals surface area contributed by atoms with Crippen molar-refractivity contribution in [3.63, 3.8) is 0 Å². The maximum absolute atomic E-state index is 11.0. The first-order valence-electron chi connectivity index (χ1n) is 5.62. The lowest BCUT2D eigenvalue weighted by molar-refractivity contribution is -0.144. The molecule has 1 aromatic carbocycles. The van der Waals surface area contributed by atoms with Gasteiger partial charge in [-0.05, 0) is 24.6 Å². The molecular formula is C13H18O4. The normalized spacial score (nSPS) is 10.0. The first-order chi connectivity index (χ1) is 8.26. The van der Waals surface area contributed by atoms with E-state index < -0.39 is 0 Å². The van der Waals surface area contributed by atoms with Crippen molar-refractivity contribution in [2.45, 2.75) is 20.0 Å². The summed E-state index contributed by atoms with van der Waals surface area (Å²) in [7, 11) is 1.63. The highest BCUT2D eigenvalue weighted by molar-refractivity contribution is 5.69. The van der Waals surface area contributed by atoms with Crippen LogP contribution in [-0.2, 0) is 20.9 Å². The molecule has 0 aliphatic rings. The highest BCUT2D eigenvalue weighted by atomic mass is 16.5. The number of ether oxygens (including phenoxy) is 3. The molecule has 0 N–H and O–H groups in total. The summed E-state index contributed by atoms with van der Waals surface area (Å²) in [4.78, 5) is 11.0. The van der Waals surface area contributed by atoms with Crippen molar-refractivity contribution in [2.75, 3.05) is 20.3 Å². The lowest BCUT2D eigenvalue weighted by atomic mass is 10.2. The van der Waals surface area contributed by atoms with Gasteiger partial charge >= 0.3 is 5.97 Å². The van der Waals surface area contributed by atoms with Crippen LogP contribution >= 0.6 is 0 Å². The molecule has 0 saturated heterocycles. The van der Waals surface area contributed by atoms with E-state index in [9.17, 15) is 4.79 Å². The van der Waals surface area contributed by atoms with Crippen LogP contribution in [0.3, 0.4) is 0 Å². The zero-order valence-electron chi connectivity index (χ0n) is 10.3. The molecule has 0 unspecified atom stereocenters. The van der Waals surface area contributed by atoms with Crippen LogP contribution < -0.4 is 4.74 Å². The summed E-state index contributed by atoms with van der Waals surface area (Å²) < 4.78 is 15.2. The zero-order valence-corrected chi connectivity index (χ0v) is 10.3. The number of benzene rings is 1. The van der Waals surface area contributed by atoms with Gasteiger partial charge in [0.1, 0.15) is 5.75 Å². The Morgan fingerprint density at radius 3 is 2.53 bits per heavy atom. The molecule has 4 heteroatoms. The standard InChI is InChI=1S/C13H18O4/c1-3-17-13(14)8-9-16-10-11-4-6-12(15-2)7-5-11/h4-7H,3,8-10H2,1-2H3. The molecule has 1 rings (SSSR count). The Balaban J connectivity index is 2.19. The molecule has 17 heavy (non-hydrogen) atoms. The van der Waals surface area contributed by atoms with E-state index in [1.54, 1.807) is 14.0 Å². The van der Waals surface area contributed by atoms with Crippen molar-refractivity contribution < 1.29 is 19.0 Å². The second-order valence-electron chi connectivity index (χ2n) is 3.46. The van der Waals surface area contributed by atoms with Crippen LogP contribution in [0.2, 0.25) is 0 Å². The van der Waals surface area contributed by atoms with Crippen LogP contribution in [0.25, 0.3) is 0 Å². The smallest absolute Gasteiger partial charge is 0.308 e. The SMILES string of the molecule is CCOC(=O)CCOCc1ccc(OC)cc1. The maximum Gasteiger partial charge on any atom is 0.308 e. The molecular weight excluding hydrogens is 220 g/mol. The quantitative estimate of drug-likeness (QED) is 0.539. The van der Waals surface area contributed by atoms with Crippen molar-refractivity contribution in [1.82, 2.24) is 0 Å². The van der Waals surface area contributed by atoms with E-state index in [-0.39, 0.29) is 5.97 Å². The molecule has 0 bridgehead atoms. The van der Waals surface area contributed by atoms with Gasteiger partial charge in [-0.2, -0.15) is 0 Å². The summed E-state index contributed by atoms with van der Waals surface area (Å²) in [6, 6.07) is 7.63. The van der Waals surface area contributed by atoms with Gasteiger partial charge in [-0.3, -0.25) is 4.79 Å². The fourth-order valence-corrected chi connectivity index (χ4v) is 1.30. The Hall–Kier alpha value is -1.55. The van der Waals surface area contributed by atoms with E-state index in [0.29, 0.717) is 26.2 Å². The third-order valence-corrected chi connectivity index (χ3v) is 2.18. The zero-order chi connectivity index (χ0) is 12.5. The molecule has 0 amide bonds. The number of hydrogen-bond acceptors (Lipinski definition) is 4. The summed E-state index contributed by atoms with van der Waals surface area (Å²) in [5.74, 6) is 0.600. The number of carbonyl (C=O) groups is 1. The van der Waals surface area contributed by atoms with Crippen LogP contribution in [0.1, 0.15) is 18.9 Å². The van der Waals surface area contributed by atoms with E-state index in [4.69, 9.17) is 14.2 Å². The van der Waals surface area contributed by atoms with Gasteiger partial charge in [-0.15, -0.1) is 0 Å². The Kier molecular flexibility index (Phi) is 6.10. The van der Waals surface area contributed by atoms with Crippen LogP contribution in [0.4, 0.5) is 0 Å². The first-order valence-corrected chi connectivity index (χ1v) is 5.62. The fourth-order valence-electron chi connectivity index (χ4n) is 1.30. The number of esters is 1. The summed E-state index contributed by atoms with van der Waals surface area (Å²) in [6.45, 7) is 3.07. The Morgan fingerprint density at radius 2 is 1.94 bits per heavy atom. The largest absolute Gasteiger partial charge is 0.497 e. The minimum absolute atomic E-state index is 0.220. The molecule has 1 aromatic rings. The van der Waals surface area contributed by atoms with Crippen molar-refractivity contribution in [3.05, 3.63) is 29.8 Å². The van der Waals surface area contributed by atoms with Gasteiger partial charge < -0.3 is 14.2 Å². The Bertz CT molecular complexity index is 332. The molecule has 0 spiro atoms. The molecule has 0 radical (unpaired) electrons. The Morgan fingerprint density at radius 1 is 1.24 bits per heavy atom. The topological polar surface area (TPSA) is 44.8 Å². The first kappa shape index (κ1) is 13.5. The predicted molar refractivity (Wildman–Crippen MR) is 63.9 cm³/mol. The summed E-state index contributed by atoms with van der Waals surface area (Å²) in [5, 5.41) is 0. The van der Waals surface area contributed by atoms with Crippen LogP contribution in [-0.4, -0.2) is 26.3 Å². The second kappa shape index (κ2) is 7.68. The lowest BCUT2D eigenvalue weighted by Gasteiger charge is -2.05. The van der Waals surface area contributed by atoms with Crippen molar-refractivity contribution in [1.29, 1.82) is 0 Å². The average molecular weight is 238 g/mol. The third kappa shape index (κ3) is 5.36. The van der Waals surface area contributed by atoms with E-state index in [1.807, 2.05) is 24.3 Å². The summed E-state index contributed by atoms with van der Waals surface area (Å²) in [5.41, 5.74) is 1.05. The monoisotopic (exact) mass is 238 g/mol. The number of carbonyl (C=O) groups excluding carboxylic acids is 1. The van der Waals surface area contributed by atoms with Crippen molar-refractivity contribution >= 4 is 5.97 Å². The van der Waals surface area contributed by atoms with Gasteiger partial charge in [-0.1, -0.05) is 12.1 Å². The van der Waals surface area contributed by atoms with Gasteiger partial charge in [-0.25, -0.2) is 0 Å². The molecule has 0 saturated carbocycles. The fraction of sp³-hybridized carbons (Fsp3) is 0.462. The number of methoxy groups -OCH3 is 1. The molecule has 0 heterocycles. The van der Waals surface area contributed by atoms with Crippen LogP contribution in [0, 0.1) is 0 Å². The van der Waals surface area contributed by atoms with E-state index in [0.717, 1.165) is 11.3 Å². The third-order valence-electron chi connectivity index (χ3n) is 2.18. The van der Waals surface area contributed by atoms with E-state index in [1.165, 1.54) is 0 Å². The Labute approximate surface area is 101 Å². The van der Waals surface area contributed by atoms with Gasteiger partial charge in [0.05, 0.1) is 33.4 Å². The van der Waals surface area contributed by atoms with Crippen molar-refractivity contribution in [3.8, 4) is 5.75 Å². The molecule has 0 atom stereocenters. The van der Waals surface area contributed by atoms with Crippen LogP contribution in [0.5, 0.6) is 5.75 Å². The molecule has 0 aliphatic heterocycles. The van der Waals surface area contributed by atoms with Gasteiger partial charge in [0.2, 0.25) is 0 Å². The highest BCUT2D eigenvalue weighted by Gasteiger charge is 2.01. The minimum Gasteiger partial charge on any atom is -0.497 e. The minimum atomic E-state index is -0.220. The predicted octanol–water partition coefficient (Wildman–Crippen LogP) is 2.17. The van der Waals surface area contributed by atoms with Gasteiger partial charge in [0.25, 0.3) is 0 Å². The highest BCUT2D eigenvalue weighted by Crippen LogP contribution is 2.11. The maximum atomic E-state index is 11.0. The van der Waals surface area contributed by atoms with Crippen LogP contribution in [0.15, 0.2) is 24.3 Å². The van der Waals surface area contributed by atoms with E-state index in [2.05, 4.69) is 0 Å². The average Bonchev–Trinajstić information content (AvgIpc) is 2.36. The second-order valence-corrected chi connectivity index (χ2v) is 3.46.